The minimum absolute atomic E-state index is 0.0816. The van der Waals surface area contributed by atoms with Gasteiger partial charge < -0.3 is 4.57 Å². The highest BCUT2D eigenvalue weighted by atomic mass is 16.6. The number of rotatable bonds is 2. The molecule has 0 aliphatic rings. The molecule has 0 aliphatic heterocycles. The van der Waals surface area contributed by atoms with Crippen LogP contribution in [0.3, 0.4) is 0 Å². The van der Waals surface area contributed by atoms with Gasteiger partial charge in [0.1, 0.15) is 5.82 Å². The van der Waals surface area contributed by atoms with E-state index in [1.807, 2.05) is 30.8 Å². The maximum Gasteiger partial charge on any atom is 0.270 e. The summed E-state index contributed by atoms with van der Waals surface area (Å²) in [5.41, 5.74) is 1.73. The van der Waals surface area contributed by atoms with Gasteiger partial charge in [-0.2, -0.15) is 0 Å². The average Bonchev–Trinajstić information content (AvgIpc) is 2.58. The van der Waals surface area contributed by atoms with Gasteiger partial charge in [0.15, 0.2) is 0 Å². The molecule has 2 aromatic rings. The molecule has 1 heterocycles. The van der Waals surface area contributed by atoms with Crippen molar-refractivity contribution in [2.45, 2.75) is 6.92 Å². The van der Waals surface area contributed by atoms with Crippen LogP contribution >= 0.6 is 0 Å². The fourth-order valence-electron chi connectivity index (χ4n) is 1.64. The summed E-state index contributed by atoms with van der Waals surface area (Å²) in [6, 6.07) is 6.48. The Labute approximate surface area is 92.5 Å². The molecule has 1 aromatic carbocycles. The molecule has 0 amide bonds. The molecule has 1 aromatic heterocycles. The molecule has 0 N–H and O–H groups in total. The minimum Gasteiger partial charge on any atom is -0.334 e. The summed E-state index contributed by atoms with van der Waals surface area (Å²) in [6.45, 7) is 1.89. The third-order valence-electron chi connectivity index (χ3n) is 2.31. The van der Waals surface area contributed by atoms with Crippen LogP contribution in [-0.4, -0.2) is 14.5 Å². The molecule has 0 radical (unpaired) electrons. The lowest BCUT2D eigenvalue weighted by atomic mass is 10.2. The van der Waals surface area contributed by atoms with Crippen molar-refractivity contribution < 1.29 is 4.92 Å². The Balaban J connectivity index is 2.52. The zero-order valence-electron chi connectivity index (χ0n) is 9.04. The van der Waals surface area contributed by atoms with Gasteiger partial charge in [0.25, 0.3) is 5.69 Å². The van der Waals surface area contributed by atoms with Gasteiger partial charge in [-0.05, 0) is 6.92 Å². The highest BCUT2D eigenvalue weighted by Gasteiger charge is 2.10. The first-order valence-corrected chi connectivity index (χ1v) is 4.83. The van der Waals surface area contributed by atoms with E-state index >= 15 is 0 Å². The molecule has 0 spiro atoms. The number of nitro groups is 1. The van der Waals surface area contributed by atoms with Crippen LogP contribution in [0.4, 0.5) is 5.69 Å². The van der Waals surface area contributed by atoms with Gasteiger partial charge in [-0.25, -0.2) is 4.98 Å². The van der Waals surface area contributed by atoms with Crippen LogP contribution in [0.1, 0.15) is 5.69 Å². The topological polar surface area (TPSA) is 61.0 Å². The summed E-state index contributed by atoms with van der Waals surface area (Å²) < 4.78 is 1.86. The number of hydrogen-bond acceptors (Lipinski definition) is 3. The second-order valence-corrected chi connectivity index (χ2v) is 3.62. The van der Waals surface area contributed by atoms with E-state index in [0.717, 1.165) is 17.1 Å². The van der Waals surface area contributed by atoms with Crippen molar-refractivity contribution in [3.8, 4) is 11.4 Å². The highest BCUT2D eigenvalue weighted by molar-refractivity contribution is 5.59. The molecule has 5 nitrogen and oxygen atoms in total. The lowest BCUT2D eigenvalue weighted by molar-refractivity contribution is -0.384. The van der Waals surface area contributed by atoms with Crippen LogP contribution in [0.25, 0.3) is 11.4 Å². The van der Waals surface area contributed by atoms with E-state index in [4.69, 9.17) is 0 Å². The van der Waals surface area contributed by atoms with Crippen molar-refractivity contribution >= 4 is 5.69 Å². The summed E-state index contributed by atoms with van der Waals surface area (Å²) in [5.74, 6) is 0.737. The second-order valence-electron chi connectivity index (χ2n) is 3.62. The molecule has 2 rings (SSSR count). The average molecular weight is 217 g/mol. The standard InChI is InChI=1S/C11H11N3O2/c1-8-7-13(2)11(12-8)9-4-3-5-10(6-9)14(15)16/h3-7H,1-2H3. The van der Waals surface area contributed by atoms with E-state index in [-0.39, 0.29) is 5.69 Å². The second kappa shape index (κ2) is 3.77. The number of benzene rings is 1. The zero-order valence-corrected chi connectivity index (χ0v) is 9.04. The SMILES string of the molecule is Cc1cn(C)c(-c2cccc([N+](=O)[O-])c2)n1. The number of aromatic nitrogens is 2. The number of hydrogen-bond donors (Lipinski definition) is 0. The molecule has 0 fully saturated rings. The molecule has 16 heavy (non-hydrogen) atoms. The molecule has 0 saturated carbocycles. The van der Waals surface area contributed by atoms with Crippen LogP contribution < -0.4 is 0 Å². The fourth-order valence-corrected chi connectivity index (χ4v) is 1.64. The largest absolute Gasteiger partial charge is 0.334 e. The number of nitrogens with zero attached hydrogens (tertiary/aromatic N) is 3. The van der Waals surface area contributed by atoms with Gasteiger partial charge in [-0.15, -0.1) is 0 Å². The summed E-state index contributed by atoms with van der Waals surface area (Å²) in [4.78, 5) is 14.6. The lowest BCUT2D eigenvalue weighted by Crippen LogP contribution is -1.93. The summed E-state index contributed by atoms with van der Waals surface area (Å²) in [5, 5.41) is 10.7. The van der Waals surface area contributed by atoms with Gasteiger partial charge in [-0.3, -0.25) is 10.1 Å². The maximum atomic E-state index is 10.7. The minimum atomic E-state index is -0.403. The Morgan fingerprint density at radius 2 is 2.19 bits per heavy atom. The van der Waals surface area contributed by atoms with Crippen LogP contribution in [0.5, 0.6) is 0 Å². The molecule has 0 atom stereocenters. The van der Waals surface area contributed by atoms with Crippen molar-refractivity contribution in [1.82, 2.24) is 9.55 Å². The van der Waals surface area contributed by atoms with Crippen LogP contribution in [0.2, 0.25) is 0 Å². The van der Waals surface area contributed by atoms with Crippen molar-refractivity contribution in [2.24, 2.45) is 7.05 Å². The number of imidazole rings is 1. The highest BCUT2D eigenvalue weighted by Crippen LogP contribution is 2.22. The Morgan fingerprint density at radius 1 is 1.44 bits per heavy atom. The van der Waals surface area contributed by atoms with E-state index in [9.17, 15) is 10.1 Å². The third-order valence-corrected chi connectivity index (χ3v) is 2.31. The van der Waals surface area contributed by atoms with Crippen molar-refractivity contribution in [2.75, 3.05) is 0 Å². The third kappa shape index (κ3) is 1.79. The summed E-state index contributed by atoms with van der Waals surface area (Å²) in [7, 11) is 1.87. The predicted octanol–water partition coefficient (Wildman–Crippen LogP) is 2.30. The van der Waals surface area contributed by atoms with E-state index < -0.39 is 4.92 Å². The Bertz CT molecular complexity index is 546. The van der Waals surface area contributed by atoms with E-state index in [2.05, 4.69) is 4.98 Å². The first kappa shape index (κ1) is 10.4. The number of non-ortho nitro benzene ring substituents is 1. The molecule has 0 aliphatic carbocycles. The lowest BCUT2D eigenvalue weighted by Gasteiger charge is -2.00. The Morgan fingerprint density at radius 3 is 2.75 bits per heavy atom. The number of aryl methyl sites for hydroxylation is 2. The quantitative estimate of drug-likeness (QED) is 0.572. The monoisotopic (exact) mass is 217 g/mol. The summed E-state index contributed by atoms with van der Waals surface area (Å²) in [6.07, 6.45) is 1.88. The van der Waals surface area contributed by atoms with Crippen LogP contribution in [-0.2, 0) is 7.05 Å². The van der Waals surface area contributed by atoms with Crippen LogP contribution in [0.15, 0.2) is 30.5 Å². The molecule has 0 unspecified atom stereocenters. The van der Waals surface area contributed by atoms with E-state index in [0.29, 0.717) is 0 Å². The number of nitro benzene ring substituents is 1. The molecular weight excluding hydrogens is 206 g/mol. The molecular formula is C11H11N3O2. The van der Waals surface area contributed by atoms with Gasteiger partial charge in [0, 0.05) is 30.9 Å². The Kier molecular flexibility index (Phi) is 2.44. The normalized spacial score (nSPS) is 10.4. The first-order valence-electron chi connectivity index (χ1n) is 4.83. The molecule has 5 heteroatoms. The van der Waals surface area contributed by atoms with E-state index in [1.165, 1.54) is 12.1 Å². The van der Waals surface area contributed by atoms with Gasteiger partial charge in [0.2, 0.25) is 0 Å². The molecule has 0 saturated heterocycles. The molecule has 0 bridgehead atoms. The molecule has 82 valence electrons. The zero-order chi connectivity index (χ0) is 11.7. The maximum absolute atomic E-state index is 10.7. The van der Waals surface area contributed by atoms with Crippen molar-refractivity contribution in [1.29, 1.82) is 0 Å². The smallest absolute Gasteiger partial charge is 0.270 e. The van der Waals surface area contributed by atoms with Gasteiger partial charge >= 0.3 is 0 Å². The predicted molar refractivity (Wildman–Crippen MR) is 60.0 cm³/mol. The Hall–Kier alpha value is -2.17. The van der Waals surface area contributed by atoms with Gasteiger partial charge in [-0.1, -0.05) is 12.1 Å². The summed E-state index contributed by atoms with van der Waals surface area (Å²) >= 11 is 0. The first-order chi connectivity index (χ1) is 7.58. The van der Waals surface area contributed by atoms with Crippen LogP contribution in [0, 0.1) is 17.0 Å². The van der Waals surface area contributed by atoms with Crippen molar-refractivity contribution in [3.05, 3.63) is 46.3 Å². The van der Waals surface area contributed by atoms with Crippen molar-refractivity contribution in [3.63, 3.8) is 0 Å². The fraction of sp³-hybridized carbons (Fsp3) is 0.182. The van der Waals surface area contributed by atoms with E-state index in [1.54, 1.807) is 6.07 Å². The van der Waals surface area contributed by atoms with Gasteiger partial charge in [0.05, 0.1) is 10.6 Å².